The highest BCUT2D eigenvalue weighted by Gasteiger charge is 2.26. The molecule has 1 N–H and O–H groups in total. The normalized spacial score (nSPS) is 16.3. The van der Waals surface area contributed by atoms with Gasteiger partial charge < -0.3 is 14.7 Å². The van der Waals surface area contributed by atoms with E-state index in [9.17, 15) is 13.9 Å². The first-order chi connectivity index (χ1) is 16.5. The molecule has 178 valence electrons. The Morgan fingerprint density at radius 3 is 2.41 bits per heavy atom. The summed E-state index contributed by atoms with van der Waals surface area (Å²) in [6.45, 7) is 3.46. The molecule has 0 fully saturated rings. The maximum Gasteiger partial charge on any atom is 0.145 e. The lowest BCUT2D eigenvalue weighted by Gasteiger charge is -2.27. The predicted octanol–water partition coefficient (Wildman–Crippen LogP) is 4.71. The first kappa shape index (κ1) is 23.9. The smallest absolute Gasteiger partial charge is 0.145 e. The average Bonchev–Trinajstić information content (AvgIpc) is 3.29. The lowest BCUT2D eigenvalue weighted by atomic mass is 10.0. The first-order valence-electron chi connectivity index (χ1n) is 11.3. The van der Waals surface area contributed by atoms with E-state index >= 15 is 0 Å². The number of hydrogen-bond donors (Lipinski definition) is 1. The third-order valence-corrected chi connectivity index (χ3v) is 5.69. The summed E-state index contributed by atoms with van der Waals surface area (Å²) in [5.74, 6) is 0.147. The van der Waals surface area contributed by atoms with E-state index in [1.807, 2.05) is 36.1 Å². The molecular formula is C27H28F2N2O3. The minimum absolute atomic E-state index is 0.146. The van der Waals surface area contributed by atoms with E-state index in [1.165, 1.54) is 24.3 Å². The number of aliphatic hydroxyl groups excluding tert-OH is 1. The molecule has 1 aliphatic rings. The van der Waals surface area contributed by atoms with E-state index in [-0.39, 0.29) is 24.3 Å². The molecule has 7 heteroatoms. The zero-order valence-electron chi connectivity index (χ0n) is 19.0. The van der Waals surface area contributed by atoms with Crippen LogP contribution in [0.3, 0.4) is 0 Å². The van der Waals surface area contributed by atoms with Crippen LogP contribution in [0.1, 0.15) is 23.1 Å². The lowest BCUT2D eigenvalue weighted by molar-refractivity contribution is 0.0212. The van der Waals surface area contributed by atoms with Crippen molar-refractivity contribution in [2.24, 2.45) is 5.16 Å². The summed E-state index contributed by atoms with van der Waals surface area (Å²) in [4.78, 5) is 7.69. The molecule has 0 amide bonds. The number of nitrogens with zero attached hydrogens (tertiary/aromatic N) is 2. The van der Waals surface area contributed by atoms with Gasteiger partial charge in [0.1, 0.15) is 36.2 Å². The Morgan fingerprint density at radius 2 is 1.71 bits per heavy atom. The van der Waals surface area contributed by atoms with Crippen molar-refractivity contribution < 1.29 is 23.5 Å². The van der Waals surface area contributed by atoms with E-state index < -0.39 is 6.10 Å². The average molecular weight is 467 g/mol. The van der Waals surface area contributed by atoms with Crippen LogP contribution >= 0.6 is 0 Å². The van der Waals surface area contributed by atoms with Gasteiger partial charge in [0.05, 0.1) is 5.71 Å². The molecule has 2 atom stereocenters. The Kier molecular flexibility index (Phi) is 7.87. The first-order valence-corrected chi connectivity index (χ1v) is 11.3. The molecule has 0 aliphatic carbocycles. The summed E-state index contributed by atoms with van der Waals surface area (Å²) in [5, 5.41) is 14.9. The molecule has 3 aromatic rings. The van der Waals surface area contributed by atoms with Crippen LogP contribution in [0.15, 0.2) is 78.0 Å². The van der Waals surface area contributed by atoms with Crippen LogP contribution in [-0.4, -0.2) is 47.6 Å². The van der Waals surface area contributed by atoms with Crippen molar-refractivity contribution >= 4 is 5.71 Å². The topological polar surface area (TPSA) is 54.3 Å². The molecule has 4 rings (SSSR count). The van der Waals surface area contributed by atoms with Crippen molar-refractivity contribution in [2.45, 2.75) is 32.1 Å². The fourth-order valence-corrected chi connectivity index (χ4v) is 3.93. The zero-order chi connectivity index (χ0) is 23.9. The van der Waals surface area contributed by atoms with Crippen LogP contribution in [0.25, 0.3) is 0 Å². The molecule has 0 bridgehead atoms. The number of para-hydroxylation sites is 1. The number of aryl methyl sites for hydroxylation is 1. The Bertz CT molecular complexity index is 1100. The van der Waals surface area contributed by atoms with Gasteiger partial charge in [0.15, 0.2) is 0 Å². The number of halogens is 2. The summed E-state index contributed by atoms with van der Waals surface area (Å²) < 4.78 is 32.4. The molecule has 0 radical (unpaired) electrons. The van der Waals surface area contributed by atoms with Crippen molar-refractivity contribution in [3.8, 4) is 5.75 Å². The molecule has 0 aromatic heterocycles. The second kappa shape index (κ2) is 11.2. The number of ether oxygens (including phenoxy) is 1. The van der Waals surface area contributed by atoms with Crippen molar-refractivity contribution in [3.05, 3.63) is 101 Å². The van der Waals surface area contributed by atoms with E-state index in [2.05, 4.69) is 5.16 Å². The third kappa shape index (κ3) is 6.62. The van der Waals surface area contributed by atoms with Crippen molar-refractivity contribution in [2.75, 3.05) is 19.7 Å². The number of oxime groups is 1. The highest BCUT2D eigenvalue weighted by molar-refractivity contribution is 6.01. The van der Waals surface area contributed by atoms with Gasteiger partial charge in [0, 0.05) is 26.1 Å². The van der Waals surface area contributed by atoms with Gasteiger partial charge in [-0.05, 0) is 53.9 Å². The summed E-state index contributed by atoms with van der Waals surface area (Å²) in [6.07, 6.45) is -0.384. The lowest BCUT2D eigenvalue weighted by Crippen LogP contribution is -2.39. The van der Waals surface area contributed by atoms with Gasteiger partial charge in [-0.15, -0.1) is 0 Å². The molecule has 0 unspecified atom stereocenters. The Morgan fingerprint density at radius 1 is 1.03 bits per heavy atom. The molecule has 1 aliphatic heterocycles. The highest BCUT2D eigenvalue weighted by atomic mass is 19.1. The number of hydrogen-bond acceptors (Lipinski definition) is 5. The van der Waals surface area contributed by atoms with Crippen LogP contribution in [-0.2, 0) is 11.4 Å². The van der Waals surface area contributed by atoms with E-state index in [1.54, 1.807) is 24.3 Å². The van der Waals surface area contributed by atoms with Gasteiger partial charge in [0.2, 0.25) is 0 Å². The molecule has 3 aromatic carbocycles. The monoisotopic (exact) mass is 466 g/mol. The Balaban J connectivity index is 1.38. The van der Waals surface area contributed by atoms with Gasteiger partial charge in [-0.25, -0.2) is 8.78 Å². The Labute approximate surface area is 198 Å². The van der Waals surface area contributed by atoms with Crippen LogP contribution in [0.4, 0.5) is 8.78 Å². The van der Waals surface area contributed by atoms with E-state index in [4.69, 9.17) is 9.57 Å². The maximum atomic E-state index is 13.4. The van der Waals surface area contributed by atoms with Crippen molar-refractivity contribution in [1.29, 1.82) is 0 Å². The molecule has 0 saturated heterocycles. The van der Waals surface area contributed by atoms with Gasteiger partial charge in [-0.2, -0.15) is 0 Å². The third-order valence-electron chi connectivity index (χ3n) is 5.69. The molecular weight excluding hydrogens is 438 g/mol. The standard InChI is InChI=1S/C27H28F2N2O3/c1-19-4-2-3-5-27(19)33-18-24(32)16-31(15-20-6-10-22(28)11-7-20)17-25-14-26(30-34-25)21-8-12-23(29)13-9-21/h2-13,24-25,32H,14-18H2,1H3/t24-,25+/m1/s1. The molecule has 34 heavy (non-hydrogen) atoms. The summed E-state index contributed by atoms with van der Waals surface area (Å²) >= 11 is 0. The summed E-state index contributed by atoms with van der Waals surface area (Å²) in [7, 11) is 0. The SMILES string of the molecule is Cc1ccccc1OC[C@H](O)CN(Cc1ccc(F)cc1)C[C@@H]1CC(c2ccc(F)cc2)=NO1. The van der Waals surface area contributed by atoms with Crippen LogP contribution in [0.5, 0.6) is 5.75 Å². The molecule has 1 heterocycles. The van der Waals surface area contributed by atoms with E-state index in [0.29, 0.717) is 26.1 Å². The van der Waals surface area contributed by atoms with Gasteiger partial charge >= 0.3 is 0 Å². The number of rotatable bonds is 10. The second-order valence-electron chi connectivity index (χ2n) is 8.53. The second-order valence-corrected chi connectivity index (χ2v) is 8.53. The predicted molar refractivity (Wildman–Crippen MR) is 127 cm³/mol. The number of benzene rings is 3. The maximum absolute atomic E-state index is 13.4. The van der Waals surface area contributed by atoms with Gasteiger partial charge in [-0.3, -0.25) is 4.90 Å². The van der Waals surface area contributed by atoms with Crippen LogP contribution in [0, 0.1) is 18.6 Å². The molecule has 0 saturated carbocycles. The van der Waals surface area contributed by atoms with Crippen molar-refractivity contribution in [1.82, 2.24) is 4.90 Å². The van der Waals surface area contributed by atoms with Crippen LogP contribution < -0.4 is 4.74 Å². The van der Waals surface area contributed by atoms with Crippen molar-refractivity contribution in [3.63, 3.8) is 0 Å². The van der Waals surface area contributed by atoms with Crippen LogP contribution in [0.2, 0.25) is 0 Å². The van der Waals surface area contributed by atoms with Gasteiger partial charge in [0.25, 0.3) is 0 Å². The largest absolute Gasteiger partial charge is 0.491 e. The quantitative estimate of drug-likeness (QED) is 0.470. The summed E-state index contributed by atoms with van der Waals surface area (Å²) in [5.41, 5.74) is 3.50. The minimum Gasteiger partial charge on any atom is -0.491 e. The number of aliphatic hydroxyl groups is 1. The van der Waals surface area contributed by atoms with Gasteiger partial charge in [-0.1, -0.05) is 47.6 Å². The summed E-state index contributed by atoms with van der Waals surface area (Å²) in [6, 6.07) is 20.1. The molecule has 0 spiro atoms. The fourth-order valence-electron chi connectivity index (χ4n) is 3.93. The zero-order valence-corrected chi connectivity index (χ0v) is 19.0. The highest BCUT2D eigenvalue weighted by Crippen LogP contribution is 2.20. The fraction of sp³-hybridized carbons (Fsp3) is 0.296. The minimum atomic E-state index is -0.737. The Hall–Kier alpha value is -3.29. The molecule has 5 nitrogen and oxygen atoms in total. The van der Waals surface area contributed by atoms with E-state index in [0.717, 1.165) is 28.2 Å².